The number of halogens is 1. The van der Waals surface area contributed by atoms with Gasteiger partial charge in [-0.25, -0.2) is 14.6 Å². The zero-order chi connectivity index (χ0) is 13.2. The summed E-state index contributed by atoms with van der Waals surface area (Å²) in [5.41, 5.74) is 1.99. The van der Waals surface area contributed by atoms with Gasteiger partial charge in [-0.3, -0.25) is 0 Å². The lowest BCUT2D eigenvalue weighted by Gasteiger charge is -2.06. The van der Waals surface area contributed by atoms with Gasteiger partial charge in [-0.15, -0.1) is 0 Å². The third-order valence-electron chi connectivity index (χ3n) is 2.95. The van der Waals surface area contributed by atoms with Crippen molar-refractivity contribution in [3.05, 3.63) is 46.8 Å². The van der Waals surface area contributed by atoms with Gasteiger partial charge in [0.05, 0.1) is 18.1 Å². The van der Waals surface area contributed by atoms with Gasteiger partial charge < -0.3 is 5.32 Å². The summed E-state index contributed by atoms with van der Waals surface area (Å²) in [6.45, 7) is 0.672. The fourth-order valence-corrected chi connectivity index (χ4v) is 2.41. The van der Waals surface area contributed by atoms with Gasteiger partial charge in [0.15, 0.2) is 5.65 Å². The number of nitrogens with zero attached hydrogens (tertiary/aromatic N) is 4. The molecule has 0 amide bonds. The van der Waals surface area contributed by atoms with Crippen LogP contribution < -0.4 is 5.32 Å². The third kappa shape index (κ3) is 2.19. The molecule has 0 atom stereocenters. The minimum Gasteiger partial charge on any atom is -0.372 e. The molecule has 0 aliphatic carbocycles. The van der Waals surface area contributed by atoms with Crippen molar-refractivity contribution in [1.29, 1.82) is 0 Å². The second-order valence-corrected chi connectivity index (χ2v) is 4.96. The molecule has 0 bridgehead atoms. The summed E-state index contributed by atoms with van der Waals surface area (Å²) in [7, 11) is 1.84. The first-order valence-corrected chi connectivity index (χ1v) is 6.66. The SMILES string of the molecule is CNc1ncnc2c1cnn2Cc1ccccc1Br. The first-order valence-electron chi connectivity index (χ1n) is 5.87. The Balaban J connectivity index is 2.05. The van der Waals surface area contributed by atoms with E-state index in [0.717, 1.165) is 26.9 Å². The second-order valence-electron chi connectivity index (χ2n) is 4.10. The van der Waals surface area contributed by atoms with Crippen molar-refractivity contribution in [2.75, 3.05) is 12.4 Å². The van der Waals surface area contributed by atoms with Gasteiger partial charge in [0, 0.05) is 11.5 Å². The highest BCUT2D eigenvalue weighted by Crippen LogP contribution is 2.21. The molecule has 0 fully saturated rings. The summed E-state index contributed by atoms with van der Waals surface area (Å²) < 4.78 is 2.94. The van der Waals surface area contributed by atoms with Crippen LogP contribution in [0.5, 0.6) is 0 Å². The molecule has 0 radical (unpaired) electrons. The highest BCUT2D eigenvalue weighted by Gasteiger charge is 2.09. The van der Waals surface area contributed by atoms with E-state index in [2.05, 4.69) is 42.4 Å². The monoisotopic (exact) mass is 317 g/mol. The molecule has 1 aromatic carbocycles. The maximum atomic E-state index is 4.39. The van der Waals surface area contributed by atoms with Crippen molar-refractivity contribution >= 4 is 32.8 Å². The molecule has 0 spiro atoms. The van der Waals surface area contributed by atoms with Crippen LogP contribution in [0.1, 0.15) is 5.56 Å². The van der Waals surface area contributed by atoms with Crippen LogP contribution in [0.3, 0.4) is 0 Å². The Morgan fingerprint density at radius 2 is 2.11 bits per heavy atom. The minimum atomic E-state index is 0.672. The molecular formula is C13H12BrN5. The average molecular weight is 318 g/mol. The number of nitrogens with one attached hydrogen (secondary N) is 1. The van der Waals surface area contributed by atoms with E-state index in [-0.39, 0.29) is 0 Å². The maximum absolute atomic E-state index is 4.39. The Morgan fingerprint density at radius 1 is 1.26 bits per heavy atom. The summed E-state index contributed by atoms with van der Waals surface area (Å²) in [6, 6.07) is 8.10. The van der Waals surface area contributed by atoms with Crippen molar-refractivity contribution in [1.82, 2.24) is 19.7 Å². The van der Waals surface area contributed by atoms with Crippen LogP contribution in [0, 0.1) is 0 Å². The molecule has 0 aliphatic heterocycles. The van der Waals surface area contributed by atoms with Crippen LogP contribution in [-0.2, 0) is 6.54 Å². The van der Waals surface area contributed by atoms with E-state index in [0.29, 0.717) is 6.54 Å². The van der Waals surface area contributed by atoms with E-state index < -0.39 is 0 Å². The summed E-state index contributed by atoms with van der Waals surface area (Å²) >= 11 is 3.55. The topological polar surface area (TPSA) is 55.6 Å². The molecule has 2 heterocycles. The highest BCUT2D eigenvalue weighted by molar-refractivity contribution is 9.10. The highest BCUT2D eigenvalue weighted by atomic mass is 79.9. The van der Waals surface area contributed by atoms with E-state index in [1.807, 2.05) is 29.9 Å². The third-order valence-corrected chi connectivity index (χ3v) is 3.72. The molecule has 6 heteroatoms. The molecule has 2 aromatic heterocycles. The number of aromatic nitrogens is 4. The van der Waals surface area contributed by atoms with E-state index in [1.54, 1.807) is 12.5 Å². The fourth-order valence-electron chi connectivity index (χ4n) is 2.00. The molecular weight excluding hydrogens is 306 g/mol. The molecule has 1 N–H and O–H groups in total. The lowest BCUT2D eigenvalue weighted by molar-refractivity contribution is 0.701. The van der Waals surface area contributed by atoms with Crippen molar-refractivity contribution in [2.24, 2.45) is 0 Å². The molecule has 0 saturated carbocycles. The number of benzene rings is 1. The number of hydrogen-bond acceptors (Lipinski definition) is 4. The molecule has 5 nitrogen and oxygen atoms in total. The molecule has 0 unspecified atom stereocenters. The molecule has 0 saturated heterocycles. The van der Waals surface area contributed by atoms with E-state index in [4.69, 9.17) is 0 Å². The van der Waals surface area contributed by atoms with Crippen LogP contribution in [-0.4, -0.2) is 26.8 Å². The van der Waals surface area contributed by atoms with E-state index in [1.165, 1.54) is 0 Å². The Bertz CT molecular complexity index is 722. The van der Waals surface area contributed by atoms with Gasteiger partial charge in [0.2, 0.25) is 0 Å². The summed E-state index contributed by atoms with van der Waals surface area (Å²) in [4.78, 5) is 8.49. The Labute approximate surface area is 118 Å². The van der Waals surface area contributed by atoms with Crippen LogP contribution in [0.2, 0.25) is 0 Å². The Morgan fingerprint density at radius 3 is 2.89 bits per heavy atom. The van der Waals surface area contributed by atoms with Gasteiger partial charge in [-0.05, 0) is 11.6 Å². The lowest BCUT2D eigenvalue weighted by Crippen LogP contribution is -2.03. The molecule has 0 aliphatic rings. The van der Waals surface area contributed by atoms with Crippen molar-refractivity contribution < 1.29 is 0 Å². The van der Waals surface area contributed by atoms with Gasteiger partial charge in [-0.1, -0.05) is 34.1 Å². The van der Waals surface area contributed by atoms with Crippen LogP contribution >= 0.6 is 15.9 Å². The summed E-state index contributed by atoms with van der Waals surface area (Å²) in [5, 5.41) is 8.37. The summed E-state index contributed by atoms with van der Waals surface area (Å²) in [6.07, 6.45) is 3.34. The maximum Gasteiger partial charge on any atom is 0.163 e. The standard InChI is InChI=1S/C13H12BrN5/c1-15-12-10-6-18-19(13(10)17-8-16-12)7-9-4-2-3-5-11(9)14/h2-6,8H,7H2,1H3,(H,15,16,17). The van der Waals surface area contributed by atoms with Gasteiger partial charge in [0.1, 0.15) is 12.1 Å². The van der Waals surface area contributed by atoms with Gasteiger partial charge in [0.25, 0.3) is 0 Å². The number of rotatable bonds is 3. The average Bonchev–Trinajstić information content (AvgIpc) is 2.84. The zero-order valence-electron chi connectivity index (χ0n) is 10.3. The minimum absolute atomic E-state index is 0.672. The van der Waals surface area contributed by atoms with Crippen LogP contribution in [0.15, 0.2) is 41.3 Å². The number of hydrogen-bond donors (Lipinski definition) is 1. The normalized spacial score (nSPS) is 10.8. The molecule has 19 heavy (non-hydrogen) atoms. The zero-order valence-corrected chi connectivity index (χ0v) is 11.9. The van der Waals surface area contributed by atoms with Crippen molar-refractivity contribution in [3.63, 3.8) is 0 Å². The first-order chi connectivity index (χ1) is 9.29. The summed E-state index contributed by atoms with van der Waals surface area (Å²) in [5.74, 6) is 0.795. The van der Waals surface area contributed by atoms with Crippen LogP contribution in [0.25, 0.3) is 11.0 Å². The predicted molar refractivity (Wildman–Crippen MR) is 78.1 cm³/mol. The van der Waals surface area contributed by atoms with Gasteiger partial charge in [-0.2, -0.15) is 5.10 Å². The van der Waals surface area contributed by atoms with Crippen molar-refractivity contribution in [3.8, 4) is 0 Å². The number of anilines is 1. The van der Waals surface area contributed by atoms with Crippen LogP contribution in [0.4, 0.5) is 5.82 Å². The quantitative estimate of drug-likeness (QED) is 0.807. The molecule has 3 aromatic rings. The fraction of sp³-hybridized carbons (Fsp3) is 0.154. The van der Waals surface area contributed by atoms with Crippen molar-refractivity contribution in [2.45, 2.75) is 6.54 Å². The smallest absolute Gasteiger partial charge is 0.163 e. The number of fused-ring (bicyclic) bond motifs is 1. The first kappa shape index (κ1) is 12.1. The molecule has 96 valence electrons. The van der Waals surface area contributed by atoms with Gasteiger partial charge >= 0.3 is 0 Å². The second kappa shape index (κ2) is 4.97. The Kier molecular flexibility index (Phi) is 3.16. The largest absolute Gasteiger partial charge is 0.372 e. The molecule has 3 rings (SSSR count). The Hall–Kier alpha value is -1.95. The predicted octanol–water partition coefficient (Wildman–Crippen LogP) is 2.68. The van der Waals surface area contributed by atoms with E-state index in [9.17, 15) is 0 Å². The lowest BCUT2D eigenvalue weighted by atomic mass is 10.2. The van der Waals surface area contributed by atoms with E-state index >= 15 is 0 Å².